The molecule has 1 aliphatic rings. The third-order valence-corrected chi connectivity index (χ3v) is 8.37. The first-order chi connectivity index (χ1) is 41.0. The van der Waals surface area contributed by atoms with Crippen molar-refractivity contribution in [3.63, 3.8) is 0 Å². The lowest BCUT2D eigenvalue weighted by Crippen LogP contribution is -2.14. The minimum atomic E-state index is -3.96. The van der Waals surface area contributed by atoms with E-state index in [-0.39, 0.29) is 0 Å². The molecule has 1 heterocycles. The topological polar surface area (TPSA) is 25.8 Å². The molecule has 0 bridgehead atoms. The Hall–Kier alpha value is -6.64. The minimum Gasteiger partial charge on any atom is -0.228 e. The molecule has 9 aromatic rings. The number of nitrogens with zero attached hydrogens (tertiary/aromatic N) is 2. The van der Waals surface area contributed by atoms with E-state index in [9.17, 15) is 15.1 Å². The summed E-state index contributed by atoms with van der Waals surface area (Å²) in [6.45, 7) is -7.92. The fourth-order valence-corrected chi connectivity index (χ4v) is 6.03. The molecule has 10 rings (SSSR count). The number of rotatable bonds is 5. The molecule has 0 fully saturated rings. The Bertz CT molecular complexity index is 4740. The van der Waals surface area contributed by atoms with Gasteiger partial charge in [0.25, 0.3) is 0 Å². The molecule has 0 aliphatic heterocycles. The molecular weight excluding hydrogens is 641 g/mol. The number of hydrogen-bond acceptors (Lipinski definition) is 2. The van der Waals surface area contributed by atoms with Crippen LogP contribution in [0.4, 0.5) is 0 Å². The minimum absolute atomic E-state index is 0.822. The van der Waals surface area contributed by atoms with Crippen LogP contribution in [0.1, 0.15) is 74.2 Å². The smallest absolute Gasteiger partial charge is 0.160 e. The van der Waals surface area contributed by atoms with Crippen molar-refractivity contribution in [3.05, 3.63) is 192 Å². The fraction of sp³-hybridized carbons (Fsp3) is 0.0588. The van der Waals surface area contributed by atoms with Gasteiger partial charge >= 0.3 is 0 Å². The van der Waals surface area contributed by atoms with Crippen molar-refractivity contribution in [3.8, 4) is 67.3 Å². The molecule has 53 heavy (non-hydrogen) atoms. The van der Waals surface area contributed by atoms with Crippen molar-refractivity contribution in [1.82, 2.24) is 9.97 Å². The van der Waals surface area contributed by atoms with E-state index in [0.29, 0.717) is 0 Å². The van der Waals surface area contributed by atoms with Gasteiger partial charge < -0.3 is 0 Å². The van der Waals surface area contributed by atoms with Gasteiger partial charge in [-0.15, -0.1) is 0 Å². The molecule has 2 nitrogen and oxygen atoms in total. The van der Waals surface area contributed by atoms with Crippen LogP contribution in [0.25, 0.3) is 88.8 Å². The molecule has 0 radical (unpaired) electrons. The molecule has 250 valence electrons. The van der Waals surface area contributed by atoms with Crippen LogP contribution in [0.3, 0.4) is 0 Å². The normalized spacial score (nSPS) is 22.9. The second-order valence-corrected chi connectivity index (χ2v) is 11.4. The summed E-state index contributed by atoms with van der Waals surface area (Å²) in [6.07, 6.45) is 0. The van der Waals surface area contributed by atoms with Crippen molar-refractivity contribution >= 4 is 21.5 Å². The van der Waals surface area contributed by atoms with Gasteiger partial charge in [0.1, 0.15) is 0 Å². The molecule has 0 N–H and O–H groups in total. The summed E-state index contributed by atoms with van der Waals surface area (Å²) in [7, 11) is 0. The van der Waals surface area contributed by atoms with E-state index in [1.165, 1.54) is 0 Å². The fourth-order valence-electron chi connectivity index (χ4n) is 6.03. The average Bonchev–Trinajstić information content (AvgIpc) is 1.55. The largest absolute Gasteiger partial charge is 0.228 e. The maximum absolute atomic E-state index is 10.2. The molecule has 1 aliphatic carbocycles. The molecule has 1 aromatic heterocycles. The molecule has 2 heteroatoms. The third kappa shape index (κ3) is 5.10. The Morgan fingerprint density at radius 3 is 1.79 bits per heavy atom. The second kappa shape index (κ2) is 12.3. The second-order valence-electron chi connectivity index (χ2n) is 11.4. The van der Waals surface area contributed by atoms with Gasteiger partial charge in [-0.1, -0.05) is 183 Å². The van der Waals surface area contributed by atoms with E-state index in [0.717, 1.165) is 0 Å². The zero-order chi connectivity index (χ0) is 66.6. The molecule has 0 unspecified atom stereocenters. The quantitative estimate of drug-likeness (QED) is 0.178. The highest BCUT2D eigenvalue weighted by Crippen LogP contribution is 2.50. The third-order valence-electron chi connectivity index (χ3n) is 8.37. The molecule has 0 amide bonds. The molecule has 0 spiro atoms. The summed E-state index contributed by atoms with van der Waals surface area (Å²) in [4.78, 5) is 8.81. The lowest BCUT2D eigenvalue weighted by molar-refractivity contribution is 0.660. The average molecular weight is 713 g/mol. The number of benzene rings is 8. The Morgan fingerprint density at radius 1 is 0.415 bits per heavy atom. The molecule has 8 aromatic carbocycles. The first kappa shape index (κ1) is 11.4. The maximum atomic E-state index is 10.2. The molecule has 0 saturated heterocycles. The van der Waals surface area contributed by atoms with Crippen LogP contribution in [0.2, 0.25) is 0 Å². The lowest BCUT2D eigenvalue weighted by atomic mass is 9.81. The highest BCUT2D eigenvalue weighted by Gasteiger charge is 2.35. The summed E-state index contributed by atoms with van der Waals surface area (Å²) in [5.41, 5.74) is -17.4. The molecule has 0 atom stereocenters. The Labute approximate surface area is 360 Å². The Balaban J connectivity index is 1.49. The van der Waals surface area contributed by atoms with Crippen LogP contribution < -0.4 is 0 Å². The van der Waals surface area contributed by atoms with Crippen LogP contribution in [0.15, 0.2) is 181 Å². The highest BCUT2D eigenvalue weighted by molar-refractivity contribution is 6.07. The summed E-state index contributed by atoms with van der Waals surface area (Å²) in [5, 5.41) is -3.74. The van der Waals surface area contributed by atoms with Gasteiger partial charge in [0, 0.05) is 30.3 Å². The number of aromatic nitrogens is 2. The van der Waals surface area contributed by atoms with Crippen LogP contribution in [0.5, 0.6) is 0 Å². The molecular formula is C51H36N2. The summed E-state index contributed by atoms with van der Waals surface area (Å²) in [5.74, 6) is -1.10. The van der Waals surface area contributed by atoms with Crippen molar-refractivity contribution < 1.29 is 49.3 Å². The van der Waals surface area contributed by atoms with Crippen molar-refractivity contribution in [2.75, 3.05) is 0 Å². The zero-order valence-electron chi connectivity index (χ0n) is 62.4. The lowest BCUT2D eigenvalue weighted by Gasteiger charge is -2.22. The van der Waals surface area contributed by atoms with Crippen LogP contribution >= 0.6 is 0 Å². The molecule has 0 saturated carbocycles. The van der Waals surface area contributed by atoms with Crippen molar-refractivity contribution in [1.29, 1.82) is 0 Å². The summed E-state index contributed by atoms with van der Waals surface area (Å²) in [6, 6.07) is -34.2. The Kier molecular flexibility index (Phi) is 2.64. The van der Waals surface area contributed by atoms with Gasteiger partial charge in [-0.25, -0.2) is 9.97 Å². The monoisotopic (exact) mass is 713 g/mol. The van der Waals surface area contributed by atoms with Gasteiger partial charge in [0.15, 0.2) is 5.82 Å². The summed E-state index contributed by atoms with van der Waals surface area (Å²) >= 11 is 0. The van der Waals surface area contributed by atoms with Crippen molar-refractivity contribution in [2.24, 2.45) is 0 Å². The predicted molar refractivity (Wildman–Crippen MR) is 222 cm³/mol. The van der Waals surface area contributed by atoms with E-state index in [4.69, 9.17) is 34.3 Å². The van der Waals surface area contributed by atoms with Gasteiger partial charge in [-0.2, -0.15) is 0 Å². The van der Waals surface area contributed by atoms with E-state index < -0.39 is 300 Å². The van der Waals surface area contributed by atoms with E-state index in [2.05, 4.69) is 9.97 Å². The van der Waals surface area contributed by atoms with E-state index >= 15 is 0 Å². The van der Waals surface area contributed by atoms with Gasteiger partial charge in [-0.05, 0) is 78.1 Å². The van der Waals surface area contributed by atoms with Crippen molar-refractivity contribution in [2.45, 2.75) is 19.1 Å². The zero-order valence-corrected chi connectivity index (χ0v) is 26.4. The first-order valence-electron chi connectivity index (χ1n) is 33.4. The maximum Gasteiger partial charge on any atom is 0.160 e. The Morgan fingerprint density at radius 2 is 1.00 bits per heavy atom. The van der Waals surface area contributed by atoms with E-state index in [1.54, 1.807) is 0 Å². The highest BCUT2D eigenvalue weighted by atomic mass is 14.9. The standard InChI is InChI=1S/C51H36N2/c1-51(2)45-24-14-13-23-42(45)43-28-26-36(31-46(43)51)37-29-30-44(41-22-12-11-21-40(37)41)47-32-48(53-50(52-47)35-18-7-4-8-19-35)49-38-20-10-9-17-34(38)25-27-39(49)33-15-5-3-6-16-33/h3-32H,1-2H3/i1D3,2D3,3D,4D,5D,6D,7D,8D,9D,10D,11D,12D,13D,14D,15D,16D,17D,18D,19D,20D,21D,22D,23D,24D,25D,26D,27D,28D,29D,30D,31D,32D. The van der Waals surface area contributed by atoms with E-state index in [1.807, 2.05) is 0 Å². The SMILES string of the molecule is [2H]c1c(-c2c(-c3c([2H])c([2H])c([2H])c([2H])c3[2H])c([2H])c([2H])c3c([2H])c([2H])c([2H])c([2H])c23)nc(-c2c([2H])c([2H])c([2H])c([2H])c2[2H])nc1-c1c([2H])c([2H])c(-c2c([2H])c([2H])c3c(c2[2H])C(C([2H])([2H])[2H])(C([2H])([2H])[2H])c2c([2H])c([2H])c([2H])c([2H])c2-3)c2c([2H])c([2H])c([2H])c([2H])c12. The van der Waals surface area contributed by atoms with Crippen LogP contribution in [-0.4, -0.2) is 9.97 Å². The van der Waals surface area contributed by atoms with Crippen LogP contribution in [-0.2, 0) is 5.41 Å². The van der Waals surface area contributed by atoms with Crippen LogP contribution in [0, 0.1) is 0 Å². The number of fused-ring (bicyclic) bond motifs is 5. The van der Waals surface area contributed by atoms with Gasteiger partial charge in [-0.3, -0.25) is 0 Å². The van der Waals surface area contributed by atoms with Gasteiger partial charge in [0.2, 0.25) is 0 Å². The van der Waals surface area contributed by atoms with Gasteiger partial charge in [0.05, 0.1) is 52.5 Å². The predicted octanol–water partition coefficient (Wildman–Crippen LogP) is 13.4. The summed E-state index contributed by atoms with van der Waals surface area (Å²) < 4.78 is 325. The number of hydrogen-bond donors (Lipinski definition) is 0. The first-order valence-corrected chi connectivity index (χ1v) is 15.4.